The van der Waals surface area contributed by atoms with E-state index in [9.17, 15) is 21.6 Å². The predicted octanol–water partition coefficient (Wildman–Crippen LogP) is 2.42. The molecule has 1 atom stereocenters. The zero-order valence-corrected chi connectivity index (χ0v) is 17.6. The number of sulfonamides is 2. The first-order valence-electron chi connectivity index (χ1n) is 9.46. The Morgan fingerprint density at radius 1 is 1.10 bits per heavy atom. The highest BCUT2D eigenvalue weighted by molar-refractivity contribution is 7.94. The van der Waals surface area contributed by atoms with Crippen LogP contribution in [0.25, 0.3) is 0 Å². The van der Waals surface area contributed by atoms with Gasteiger partial charge in [-0.25, -0.2) is 25.9 Å². The summed E-state index contributed by atoms with van der Waals surface area (Å²) in [6.07, 6.45) is 2.38. The zero-order valence-electron chi connectivity index (χ0n) is 16.0. The topological polar surface area (TPSA) is 101 Å². The van der Waals surface area contributed by atoms with Gasteiger partial charge in [0.05, 0.1) is 16.3 Å². The van der Waals surface area contributed by atoms with Crippen LogP contribution in [-0.2, 0) is 31.3 Å². The highest BCUT2D eigenvalue weighted by atomic mass is 32.2. The Bertz CT molecular complexity index is 1190. The molecule has 1 aliphatic heterocycles. The molecule has 0 saturated carbocycles. The molecule has 2 aromatic carbocycles. The van der Waals surface area contributed by atoms with Crippen molar-refractivity contribution in [2.75, 3.05) is 10.1 Å². The van der Waals surface area contributed by atoms with Gasteiger partial charge < -0.3 is 0 Å². The Balaban J connectivity index is 1.70. The first-order valence-corrected chi connectivity index (χ1v) is 12.5. The van der Waals surface area contributed by atoms with E-state index in [1.807, 2.05) is 24.3 Å². The van der Waals surface area contributed by atoms with Crippen molar-refractivity contribution in [1.29, 1.82) is 0 Å². The Morgan fingerprint density at radius 3 is 2.59 bits per heavy atom. The monoisotopic (exact) mass is 434 g/mol. The van der Waals surface area contributed by atoms with Gasteiger partial charge in [0, 0.05) is 12.5 Å². The van der Waals surface area contributed by atoms with E-state index in [4.69, 9.17) is 0 Å². The molecule has 1 saturated heterocycles. The molecule has 0 bridgehead atoms. The van der Waals surface area contributed by atoms with Crippen LogP contribution in [0.3, 0.4) is 0 Å². The molecule has 1 fully saturated rings. The lowest BCUT2D eigenvalue weighted by molar-refractivity contribution is -0.116. The Labute approximate surface area is 170 Å². The largest absolute Gasteiger partial charge is 0.273 e. The summed E-state index contributed by atoms with van der Waals surface area (Å²) >= 11 is 0. The molecule has 1 aliphatic carbocycles. The predicted molar refractivity (Wildman–Crippen MR) is 110 cm³/mol. The van der Waals surface area contributed by atoms with Gasteiger partial charge in [-0.2, -0.15) is 0 Å². The standard InChI is InChI=1S/C20H22N2O5S2/c1-14-9-10-16(22-20(23)11-12-28(22,24)25)13-19(14)29(26,27)21-18-8-4-6-15-5-2-3-7-17(15)18/h2-3,5,7,9-10,13,18,21H,4,6,8,11-12H2,1H3. The summed E-state index contributed by atoms with van der Waals surface area (Å²) in [6, 6.07) is 11.7. The number of benzene rings is 2. The number of carbonyl (C=O) groups is 1. The number of nitrogens with zero attached hydrogens (tertiary/aromatic N) is 1. The summed E-state index contributed by atoms with van der Waals surface area (Å²) in [5.41, 5.74) is 2.64. The van der Waals surface area contributed by atoms with Gasteiger partial charge in [0.25, 0.3) is 0 Å². The number of rotatable bonds is 4. The fraction of sp³-hybridized carbons (Fsp3) is 0.350. The van der Waals surface area contributed by atoms with E-state index in [0.717, 1.165) is 24.0 Å². The van der Waals surface area contributed by atoms with Crippen LogP contribution in [0, 0.1) is 6.92 Å². The molecule has 2 aromatic rings. The third kappa shape index (κ3) is 3.70. The fourth-order valence-corrected chi connectivity index (χ4v) is 6.97. The maximum absolute atomic E-state index is 13.2. The minimum atomic E-state index is -3.92. The zero-order chi connectivity index (χ0) is 20.8. The Kier molecular flexibility index (Phi) is 5.00. The van der Waals surface area contributed by atoms with Crippen molar-refractivity contribution < 1.29 is 21.6 Å². The van der Waals surface area contributed by atoms with Crippen molar-refractivity contribution in [1.82, 2.24) is 4.72 Å². The number of nitrogens with one attached hydrogen (secondary N) is 1. The Hall–Kier alpha value is -2.23. The normalized spacial score (nSPS) is 21.2. The van der Waals surface area contributed by atoms with Crippen molar-refractivity contribution >= 4 is 31.6 Å². The lowest BCUT2D eigenvalue weighted by Crippen LogP contribution is -2.32. The lowest BCUT2D eigenvalue weighted by atomic mass is 9.88. The summed E-state index contributed by atoms with van der Waals surface area (Å²) in [4.78, 5) is 12.1. The van der Waals surface area contributed by atoms with Crippen LogP contribution in [-0.4, -0.2) is 28.5 Å². The molecular weight excluding hydrogens is 412 g/mol. The van der Waals surface area contributed by atoms with Crippen LogP contribution in [0.2, 0.25) is 0 Å². The Morgan fingerprint density at radius 2 is 1.86 bits per heavy atom. The minimum Gasteiger partial charge on any atom is -0.273 e. The van der Waals surface area contributed by atoms with Crippen molar-refractivity contribution in [3.8, 4) is 0 Å². The van der Waals surface area contributed by atoms with E-state index < -0.39 is 26.0 Å². The number of carbonyl (C=O) groups excluding carboxylic acids is 1. The highest BCUT2D eigenvalue weighted by Crippen LogP contribution is 2.33. The summed E-state index contributed by atoms with van der Waals surface area (Å²) in [7, 11) is -7.69. The van der Waals surface area contributed by atoms with Crippen LogP contribution in [0.4, 0.5) is 5.69 Å². The van der Waals surface area contributed by atoms with Gasteiger partial charge >= 0.3 is 0 Å². The van der Waals surface area contributed by atoms with Crippen molar-refractivity contribution in [2.24, 2.45) is 0 Å². The third-order valence-electron chi connectivity index (χ3n) is 5.44. The smallest absolute Gasteiger partial charge is 0.242 e. The highest BCUT2D eigenvalue weighted by Gasteiger charge is 2.37. The molecule has 1 N–H and O–H groups in total. The summed E-state index contributed by atoms with van der Waals surface area (Å²) in [5.74, 6) is -0.815. The second-order valence-corrected chi connectivity index (χ2v) is 11.1. The van der Waals surface area contributed by atoms with Gasteiger partial charge in [-0.3, -0.25) is 4.79 Å². The summed E-state index contributed by atoms with van der Waals surface area (Å²) < 4.78 is 54.3. The molecule has 0 spiro atoms. The van der Waals surface area contributed by atoms with Crippen LogP contribution in [0.1, 0.15) is 42.0 Å². The van der Waals surface area contributed by atoms with E-state index in [0.29, 0.717) is 16.3 Å². The molecule has 7 nitrogen and oxygen atoms in total. The van der Waals surface area contributed by atoms with Gasteiger partial charge in [0.1, 0.15) is 0 Å². The second kappa shape index (κ2) is 7.23. The van der Waals surface area contributed by atoms with Crippen molar-refractivity contribution in [3.63, 3.8) is 0 Å². The molecule has 1 heterocycles. The van der Waals surface area contributed by atoms with Crippen LogP contribution in [0.15, 0.2) is 47.4 Å². The third-order valence-corrected chi connectivity index (χ3v) is 8.75. The van der Waals surface area contributed by atoms with Crippen LogP contribution < -0.4 is 9.03 Å². The van der Waals surface area contributed by atoms with Gasteiger partial charge in [-0.1, -0.05) is 30.3 Å². The quantitative estimate of drug-likeness (QED) is 0.796. The maximum atomic E-state index is 13.2. The molecule has 1 unspecified atom stereocenters. The van der Waals surface area contributed by atoms with E-state index >= 15 is 0 Å². The van der Waals surface area contributed by atoms with E-state index in [-0.39, 0.29) is 28.8 Å². The molecule has 29 heavy (non-hydrogen) atoms. The number of fused-ring (bicyclic) bond motifs is 1. The van der Waals surface area contributed by atoms with Gasteiger partial charge in [-0.05, 0) is 55.0 Å². The number of hydrogen-bond donors (Lipinski definition) is 1. The molecule has 0 aromatic heterocycles. The van der Waals surface area contributed by atoms with Gasteiger partial charge in [-0.15, -0.1) is 0 Å². The number of aryl methyl sites for hydroxylation is 2. The van der Waals surface area contributed by atoms with Gasteiger partial charge in [0.2, 0.25) is 26.0 Å². The molecule has 154 valence electrons. The average molecular weight is 435 g/mol. The van der Waals surface area contributed by atoms with Crippen LogP contribution >= 0.6 is 0 Å². The summed E-state index contributed by atoms with van der Waals surface area (Å²) in [5, 5.41) is 0. The first kappa shape index (κ1) is 20.1. The number of amides is 1. The van der Waals surface area contributed by atoms with Gasteiger partial charge in [0.15, 0.2) is 0 Å². The second-order valence-electron chi connectivity index (χ2n) is 7.44. The summed E-state index contributed by atoms with van der Waals surface area (Å²) in [6.45, 7) is 1.65. The SMILES string of the molecule is Cc1ccc(N2C(=O)CCS2(=O)=O)cc1S(=O)(=O)NC1CCCc2ccccc21. The van der Waals surface area contributed by atoms with Crippen molar-refractivity contribution in [2.45, 2.75) is 43.5 Å². The molecule has 2 aliphatic rings. The first-order chi connectivity index (χ1) is 13.7. The minimum absolute atomic E-state index is 0.0204. The average Bonchev–Trinajstić information content (AvgIpc) is 2.95. The van der Waals surface area contributed by atoms with Crippen molar-refractivity contribution in [3.05, 3.63) is 59.2 Å². The fourth-order valence-electron chi connectivity index (χ4n) is 4.00. The van der Waals surface area contributed by atoms with E-state index in [1.54, 1.807) is 6.92 Å². The lowest BCUT2D eigenvalue weighted by Gasteiger charge is -2.26. The molecular formula is C20H22N2O5S2. The van der Waals surface area contributed by atoms with Crippen LogP contribution in [0.5, 0.6) is 0 Å². The van der Waals surface area contributed by atoms with E-state index in [1.165, 1.54) is 18.2 Å². The molecule has 9 heteroatoms. The molecule has 0 radical (unpaired) electrons. The van der Waals surface area contributed by atoms with E-state index in [2.05, 4.69) is 4.72 Å². The number of anilines is 1. The maximum Gasteiger partial charge on any atom is 0.242 e. The number of hydrogen-bond acceptors (Lipinski definition) is 5. The molecule has 4 rings (SSSR count). The molecule has 1 amide bonds.